The Balaban J connectivity index is 3.39. The quantitative estimate of drug-likeness (QED) is 0.491. The van der Waals surface area contributed by atoms with Crippen LogP contribution in [0.25, 0.3) is 0 Å². The summed E-state index contributed by atoms with van der Waals surface area (Å²) >= 11 is 0. The molecule has 1 aromatic carbocycles. The molecule has 0 bridgehead atoms. The Kier molecular flexibility index (Phi) is 2.01. The lowest BCUT2D eigenvalue weighted by molar-refractivity contribution is 1.28. The lowest BCUT2D eigenvalue weighted by Gasteiger charge is -2.04. The topological polar surface area (TPSA) is 0 Å². The first-order valence-electron chi connectivity index (χ1n) is 3.69. The van der Waals surface area contributed by atoms with Crippen LogP contribution in [0.3, 0.4) is 0 Å². The molecule has 0 saturated carbocycles. The molecule has 1 aromatic rings. The number of terminal acetylenes is 1. The van der Waals surface area contributed by atoms with Crippen LogP contribution in [0.2, 0.25) is 0 Å². The highest BCUT2D eigenvalue weighted by atomic mass is 14.0. The molecule has 0 atom stereocenters. The van der Waals surface area contributed by atoms with E-state index in [1.165, 1.54) is 16.7 Å². The molecule has 0 aliphatic carbocycles. The Labute approximate surface area is 68.3 Å². The van der Waals surface area contributed by atoms with Crippen LogP contribution in [0.5, 0.6) is 0 Å². The van der Waals surface area contributed by atoms with Crippen molar-refractivity contribution in [3.8, 4) is 12.3 Å². The van der Waals surface area contributed by atoms with Gasteiger partial charge in [-0.2, -0.15) is 0 Å². The normalized spacial score (nSPS) is 9.27. The van der Waals surface area contributed by atoms with Crippen molar-refractivity contribution in [3.63, 3.8) is 0 Å². The second-order valence-corrected chi connectivity index (χ2v) is 2.90. The minimum absolute atomic E-state index is 1.02. The largest absolute Gasteiger partial charge is 0.115 e. The number of hydrogen-bond acceptors (Lipinski definition) is 0. The average molecular weight is 144 g/mol. The predicted molar refractivity (Wildman–Crippen MR) is 48.6 cm³/mol. The fraction of sp³-hybridized carbons (Fsp3) is 0.273. The fourth-order valence-electron chi connectivity index (χ4n) is 1.19. The number of rotatable bonds is 0. The molecule has 0 spiro atoms. The van der Waals surface area contributed by atoms with Gasteiger partial charge in [-0.25, -0.2) is 0 Å². The highest BCUT2D eigenvalue weighted by Gasteiger charge is 1.98. The molecule has 0 aliphatic heterocycles. The van der Waals surface area contributed by atoms with E-state index in [0.29, 0.717) is 0 Å². The molecule has 0 heterocycles. The second-order valence-electron chi connectivity index (χ2n) is 2.90. The number of benzene rings is 1. The standard InChI is InChI=1S/C11H12/c1-5-11-7-8(2)6-9(3)10(11)4/h1,6-7H,2-4H3. The van der Waals surface area contributed by atoms with Gasteiger partial charge in [0.2, 0.25) is 0 Å². The van der Waals surface area contributed by atoms with Crippen molar-refractivity contribution in [2.45, 2.75) is 20.8 Å². The van der Waals surface area contributed by atoms with Gasteiger partial charge in [0.05, 0.1) is 0 Å². The zero-order valence-electron chi connectivity index (χ0n) is 7.23. The van der Waals surface area contributed by atoms with Gasteiger partial charge in [-0.3, -0.25) is 0 Å². The van der Waals surface area contributed by atoms with Crippen molar-refractivity contribution in [1.82, 2.24) is 0 Å². The van der Waals surface area contributed by atoms with Crippen LogP contribution in [0.1, 0.15) is 22.3 Å². The first kappa shape index (κ1) is 7.88. The minimum Gasteiger partial charge on any atom is -0.115 e. The molecule has 56 valence electrons. The maximum Gasteiger partial charge on any atom is 0.0277 e. The van der Waals surface area contributed by atoms with E-state index in [4.69, 9.17) is 6.42 Å². The van der Waals surface area contributed by atoms with Gasteiger partial charge in [0.25, 0.3) is 0 Å². The van der Waals surface area contributed by atoms with E-state index in [9.17, 15) is 0 Å². The predicted octanol–water partition coefficient (Wildman–Crippen LogP) is 2.59. The van der Waals surface area contributed by atoms with Gasteiger partial charge in [-0.1, -0.05) is 12.0 Å². The van der Waals surface area contributed by atoms with E-state index in [1.807, 2.05) is 6.07 Å². The van der Waals surface area contributed by atoms with Crippen molar-refractivity contribution >= 4 is 0 Å². The third-order valence-electron chi connectivity index (χ3n) is 1.97. The minimum atomic E-state index is 1.02. The third-order valence-corrected chi connectivity index (χ3v) is 1.97. The Morgan fingerprint density at radius 2 is 1.82 bits per heavy atom. The molecule has 0 nitrogen and oxygen atoms in total. The maximum atomic E-state index is 5.34. The highest BCUT2D eigenvalue weighted by Crippen LogP contribution is 2.14. The van der Waals surface area contributed by atoms with Crippen LogP contribution in [0, 0.1) is 33.1 Å². The van der Waals surface area contributed by atoms with Crippen molar-refractivity contribution in [2.24, 2.45) is 0 Å². The van der Waals surface area contributed by atoms with E-state index >= 15 is 0 Å². The van der Waals surface area contributed by atoms with Gasteiger partial charge in [-0.15, -0.1) is 6.42 Å². The molecular weight excluding hydrogens is 132 g/mol. The first-order chi connectivity index (χ1) is 5.15. The monoisotopic (exact) mass is 144 g/mol. The summed E-state index contributed by atoms with van der Waals surface area (Å²) in [5, 5.41) is 0. The maximum absolute atomic E-state index is 5.34. The molecule has 1 rings (SSSR count). The molecule has 0 radical (unpaired) electrons. The Morgan fingerprint density at radius 3 is 2.36 bits per heavy atom. The molecule has 0 unspecified atom stereocenters. The van der Waals surface area contributed by atoms with E-state index in [0.717, 1.165) is 5.56 Å². The summed E-state index contributed by atoms with van der Waals surface area (Å²) in [6, 6.07) is 4.19. The Morgan fingerprint density at radius 1 is 1.18 bits per heavy atom. The van der Waals surface area contributed by atoms with Gasteiger partial charge in [0, 0.05) is 5.56 Å². The lowest BCUT2D eigenvalue weighted by Crippen LogP contribution is -1.88. The van der Waals surface area contributed by atoms with E-state index < -0.39 is 0 Å². The van der Waals surface area contributed by atoms with Crippen LogP contribution in [-0.2, 0) is 0 Å². The fourth-order valence-corrected chi connectivity index (χ4v) is 1.19. The van der Waals surface area contributed by atoms with Crippen LogP contribution in [0.4, 0.5) is 0 Å². The van der Waals surface area contributed by atoms with Crippen LogP contribution >= 0.6 is 0 Å². The van der Waals surface area contributed by atoms with Crippen molar-refractivity contribution in [2.75, 3.05) is 0 Å². The summed E-state index contributed by atoms with van der Waals surface area (Å²) < 4.78 is 0. The zero-order valence-corrected chi connectivity index (χ0v) is 7.23. The van der Waals surface area contributed by atoms with Gasteiger partial charge >= 0.3 is 0 Å². The van der Waals surface area contributed by atoms with Crippen molar-refractivity contribution in [1.29, 1.82) is 0 Å². The number of hydrogen-bond donors (Lipinski definition) is 0. The lowest BCUT2D eigenvalue weighted by atomic mass is 10.0. The molecular formula is C11H12. The van der Waals surface area contributed by atoms with Crippen molar-refractivity contribution in [3.05, 3.63) is 34.4 Å². The molecule has 0 aromatic heterocycles. The van der Waals surface area contributed by atoms with E-state index in [1.54, 1.807) is 0 Å². The second kappa shape index (κ2) is 2.80. The molecule has 0 saturated heterocycles. The van der Waals surface area contributed by atoms with Crippen molar-refractivity contribution < 1.29 is 0 Å². The molecule has 0 heteroatoms. The van der Waals surface area contributed by atoms with Gasteiger partial charge < -0.3 is 0 Å². The molecule has 0 amide bonds. The molecule has 0 fully saturated rings. The molecule has 0 N–H and O–H groups in total. The van der Waals surface area contributed by atoms with Crippen LogP contribution in [0.15, 0.2) is 12.1 Å². The SMILES string of the molecule is C#Cc1cc(C)cc(C)c1C. The molecule has 0 aliphatic rings. The summed E-state index contributed by atoms with van der Waals surface area (Å²) in [6.45, 7) is 6.21. The smallest absolute Gasteiger partial charge is 0.0277 e. The zero-order chi connectivity index (χ0) is 8.43. The van der Waals surface area contributed by atoms with Gasteiger partial charge in [0.15, 0.2) is 0 Å². The number of aryl methyl sites for hydroxylation is 2. The Hall–Kier alpha value is -1.22. The third kappa shape index (κ3) is 1.43. The summed E-state index contributed by atoms with van der Waals surface area (Å²) in [4.78, 5) is 0. The summed E-state index contributed by atoms with van der Waals surface area (Å²) in [5.74, 6) is 2.68. The van der Waals surface area contributed by atoms with Crippen LogP contribution in [-0.4, -0.2) is 0 Å². The average Bonchev–Trinajstić information content (AvgIpc) is 1.96. The van der Waals surface area contributed by atoms with E-state index in [-0.39, 0.29) is 0 Å². The summed E-state index contributed by atoms with van der Waals surface area (Å²) in [5.41, 5.74) is 4.75. The van der Waals surface area contributed by atoms with Gasteiger partial charge in [-0.05, 0) is 43.5 Å². The first-order valence-corrected chi connectivity index (χ1v) is 3.69. The highest BCUT2D eigenvalue weighted by molar-refractivity contribution is 5.45. The Bertz CT molecular complexity index is 314. The molecule has 11 heavy (non-hydrogen) atoms. The summed E-state index contributed by atoms with van der Waals surface area (Å²) in [7, 11) is 0. The van der Waals surface area contributed by atoms with Crippen LogP contribution < -0.4 is 0 Å². The summed E-state index contributed by atoms with van der Waals surface area (Å²) in [6.07, 6.45) is 5.34. The van der Waals surface area contributed by atoms with E-state index in [2.05, 4.69) is 32.8 Å². The van der Waals surface area contributed by atoms with Gasteiger partial charge in [0.1, 0.15) is 0 Å².